The van der Waals surface area contributed by atoms with Crippen LogP contribution in [0.5, 0.6) is 0 Å². The van der Waals surface area contributed by atoms with Gasteiger partial charge in [-0.25, -0.2) is 9.97 Å². The lowest BCUT2D eigenvalue weighted by Gasteiger charge is -2.12. The average Bonchev–Trinajstić information content (AvgIpc) is 2.90. The lowest BCUT2D eigenvalue weighted by atomic mass is 10.1. The third-order valence-corrected chi connectivity index (χ3v) is 4.07. The Morgan fingerprint density at radius 1 is 1.16 bits per heavy atom. The molecule has 6 heteroatoms. The van der Waals surface area contributed by atoms with Gasteiger partial charge in [0.1, 0.15) is 16.9 Å². The quantitative estimate of drug-likeness (QED) is 0.716. The lowest BCUT2D eigenvalue weighted by molar-refractivity contribution is 0.751. The fourth-order valence-corrected chi connectivity index (χ4v) is 2.98. The maximum absolute atomic E-state index is 4.84. The van der Waals surface area contributed by atoms with Crippen LogP contribution in [0, 0.1) is 0 Å². The largest absolute Gasteiger partial charge is 0.366 e. The lowest BCUT2D eigenvalue weighted by Crippen LogP contribution is -2.14. The molecule has 3 heterocycles. The van der Waals surface area contributed by atoms with Crippen LogP contribution >= 0.6 is 0 Å². The summed E-state index contributed by atoms with van der Waals surface area (Å²) in [7, 11) is 1.96. The van der Waals surface area contributed by atoms with Crippen molar-refractivity contribution in [2.45, 2.75) is 52.5 Å². The minimum atomic E-state index is 0.300. The van der Waals surface area contributed by atoms with Gasteiger partial charge in [-0.2, -0.15) is 5.10 Å². The molecule has 0 atom stereocenters. The Bertz CT molecular complexity index is 838. The maximum atomic E-state index is 4.84. The summed E-state index contributed by atoms with van der Waals surface area (Å²) in [5.74, 6) is 1.73. The van der Waals surface area contributed by atoms with Crippen LogP contribution in [0.4, 0.5) is 5.82 Å². The van der Waals surface area contributed by atoms with Crippen molar-refractivity contribution in [2.75, 3.05) is 5.32 Å². The first-order valence-corrected chi connectivity index (χ1v) is 8.96. The molecule has 3 rings (SSSR count). The van der Waals surface area contributed by atoms with E-state index < -0.39 is 0 Å². The Morgan fingerprint density at radius 3 is 2.68 bits per heavy atom. The first kappa shape index (κ1) is 17.3. The third-order valence-electron chi connectivity index (χ3n) is 4.07. The van der Waals surface area contributed by atoms with E-state index in [4.69, 9.17) is 9.97 Å². The molecule has 0 aliphatic carbocycles. The Labute approximate surface area is 148 Å². The van der Waals surface area contributed by atoms with Crippen molar-refractivity contribution >= 4 is 16.9 Å². The van der Waals surface area contributed by atoms with Crippen molar-refractivity contribution in [2.24, 2.45) is 7.05 Å². The van der Waals surface area contributed by atoms with Gasteiger partial charge in [-0.15, -0.1) is 0 Å². The minimum Gasteiger partial charge on any atom is -0.366 e. The first-order valence-electron chi connectivity index (χ1n) is 8.96. The number of fused-ring (bicyclic) bond motifs is 1. The molecule has 0 radical (unpaired) electrons. The molecule has 0 fully saturated rings. The van der Waals surface area contributed by atoms with Crippen molar-refractivity contribution < 1.29 is 0 Å². The number of hydrogen-bond donors (Lipinski definition) is 1. The van der Waals surface area contributed by atoms with Crippen LogP contribution in [0.3, 0.4) is 0 Å². The molecule has 132 valence electrons. The Balaban J connectivity index is 1.98. The highest BCUT2D eigenvalue weighted by molar-refractivity contribution is 5.87. The summed E-state index contributed by atoms with van der Waals surface area (Å²) in [5.41, 5.74) is 4.22. The van der Waals surface area contributed by atoms with E-state index in [9.17, 15) is 0 Å². The van der Waals surface area contributed by atoms with Crippen LogP contribution in [0.15, 0.2) is 24.5 Å². The number of nitrogens with zero attached hydrogens (tertiary/aromatic N) is 5. The number of nitrogens with one attached hydrogen (secondary N) is 1. The van der Waals surface area contributed by atoms with Gasteiger partial charge in [0.05, 0.1) is 5.69 Å². The van der Waals surface area contributed by atoms with E-state index in [2.05, 4.69) is 42.2 Å². The fourth-order valence-electron chi connectivity index (χ4n) is 2.98. The van der Waals surface area contributed by atoms with Crippen molar-refractivity contribution in [3.63, 3.8) is 0 Å². The summed E-state index contributed by atoms with van der Waals surface area (Å²) in [4.78, 5) is 13.8. The molecule has 0 saturated heterocycles. The Kier molecular flexibility index (Phi) is 5.26. The molecular formula is C19H26N6. The van der Waals surface area contributed by atoms with E-state index in [0.29, 0.717) is 6.04 Å². The van der Waals surface area contributed by atoms with E-state index in [0.717, 1.165) is 54.1 Å². The molecule has 1 N–H and O–H groups in total. The van der Waals surface area contributed by atoms with E-state index in [1.807, 2.05) is 24.0 Å². The number of aromatic nitrogens is 5. The van der Waals surface area contributed by atoms with Crippen molar-refractivity contribution in [3.05, 3.63) is 41.6 Å². The molecule has 3 aromatic heterocycles. The number of pyridine rings is 1. The second-order valence-corrected chi connectivity index (χ2v) is 6.67. The molecule has 0 spiro atoms. The first-order chi connectivity index (χ1) is 12.1. The Morgan fingerprint density at radius 2 is 2.00 bits per heavy atom. The molecule has 25 heavy (non-hydrogen) atoms. The zero-order valence-corrected chi connectivity index (χ0v) is 15.5. The van der Waals surface area contributed by atoms with Crippen LogP contribution in [0.1, 0.15) is 44.3 Å². The Hall–Kier alpha value is -2.50. The van der Waals surface area contributed by atoms with E-state index in [1.165, 1.54) is 5.56 Å². The zero-order chi connectivity index (χ0) is 17.8. The topological polar surface area (TPSA) is 68.5 Å². The van der Waals surface area contributed by atoms with E-state index in [1.54, 1.807) is 6.20 Å². The summed E-state index contributed by atoms with van der Waals surface area (Å²) < 4.78 is 1.90. The third kappa shape index (κ3) is 3.95. The molecule has 3 aromatic rings. The number of aryl methyl sites for hydroxylation is 4. The molecule has 0 amide bonds. The molecule has 0 aromatic carbocycles. The van der Waals surface area contributed by atoms with Gasteiger partial charge in [-0.3, -0.25) is 9.67 Å². The summed E-state index contributed by atoms with van der Waals surface area (Å²) >= 11 is 0. The van der Waals surface area contributed by atoms with Crippen molar-refractivity contribution in [1.82, 2.24) is 24.7 Å². The van der Waals surface area contributed by atoms with Gasteiger partial charge >= 0.3 is 0 Å². The number of anilines is 1. The standard InChI is InChI=1S/C19H26N6/c1-5-7-15-17-18(25(4)24-15)19(21-13(2)3)23-16(22-17)10-9-14-8-6-11-20-12-14/h6,8,11-13H,5,7,9-10H2,1-4H3,(H,21,22,23). The highest BCUT2D eigenvalue weighted by Gasteiger charge is 2.17. The molecule has 6 nitrogen and oxygen atoms in total. The smallest absolute Gasteiger partial charge is 0.156 e. The normalized spacial score (nSPS) is 11.4. The highest BCUT2D eigenvalue weighted by Crippen LogP contribution is 2.24. The molecule has 0 bridgehead atoms. The van der Waals surface area contributed by atoms with Crippen molar-refractivity contribution in [1.29, 1.82) is 0 Å². The second-order valence-electron chi connectivity index (χ2n) is 6.67. The van der Waals surface area contributed by atoms with Crippen LogP contribution < -0.4 is 5.32 Å². The van der Waals surface area contributed by atoms with Crippen LogP contribution in [0.2, 0.25) is 0 Å². The maximum Gasteiger partial charge on any atom is 0.156 e. The molecule has 0 unspecified atom stereocenters. The average molecular weight is 338 g/mol. The highest BCUT2D eigenvalue weighted by atomic mass is 15.3. The van der Waals surface area contributed by atoms with Crippen LogP contribution in [0.25, 0.3) is 11.0 Å². The summed E-state index contributed by atoms with van der Waals surface area (Å²) in [6.45, 7) is 6.40. The predicted molar refractivity (Wildman–Crippen MR) is 101 cm³/mol. The zero-order valence-electron chi connectivity index (χ0n) is 15.5. The van der Waals surface area contributed by atoms with Gasteiger partial charge in [0.15, 0.2) is 5.82 Å². The van der Waals surface area contributed by atoms with Gasteiger partial charge in [-0.1, -0.05) is 19.4 Å². The van der Waals surface area contributed by atoms with Crippen molar-refractivity contribution in [3.8, 4) is 0 Å². The van der Waals surface area contributed by atoms with Gasteiger partial charge in [0.25, 0.3) is 0 Å². The van der Waals surface area contributed by atoms with Gasteiger partial charge in [-0.05, 0) is 38.3 Å². The van der Waals surface area contributed by atoms with Crippen LogP contribution in [-0.4, -0.2) is 30.8 Å². The monoisotopic (exact) mass is 338 g/mol. The minimum absolute atomic E-state index is 0.300. The number of hydrogen-bond acceptors (Lipinski definition) is 5. The SMILES string of the molecule is CCCc1nn(C)c2c(NC(C)C)nc(CCc3cccnc3)nc12. The second kappa shape index (κ2) is 7.59. The van der Waals surface area contributed by atoms with Gasteiger partial charge < -0.3 is 5.32 Å². The van der Waals surface area contributed by atoms with E-state index in [-0.39, 0.29) is 0 Å². The van der Waals surface area contributed by atoms with Gasteiger partial charge in [0, 0.05) is 31.9 Å². The molecule has 0 aliphatic heterocycles. The summed E-state index contributed by atoms with van der Waals surface area (Å²) in [6.07, 6.45) is 7.34. The molecule has 0 aliphatic rings. The molecule has 0 saturated carbocycles. The number of rotatable bonds is 7. The van der Waals surface area contributed by atoms with Gasteiger partial charge in [0.2, 0.25) is 0 Å². The van der Waals surface area contributed by atoms with Crippen LogP contribution in [-0.2, 0) is 26.3 Å². The predicted octanol–water partition coefficient (Wildman–Crippen LogP) is 3.32. The fraction of sp³-hybridized carbons (Fsp3) is 0.474. The van der Waals surface area contributed by atoms with E-state index >= 15 is 0 Å². The summed E-state index contributed by atoms with van der Waals surface area (Å²) in [5, 5.41) is 8.13. The molecular weight excluding hydrogens is 312 g/mol. The summed E-state index contributed by atoms with van der Waals surface area (Å²) in [6, 6.07) is 4.35.